The van der Waals surface area contributed by atoms with Crippen molar-refractivity contribution in [2.75, 3.05) is 11.4 Å². The Morgan fingerprint density at radius 2 is 2.25 bits per heavy atom. The molecule has 0 fully saturated rings. The van der Waals surface area contributed by atoms with E-state index < -0.39 is 5.97 Å². The van der Waals surface area contributed by atoms with E-state index in [1.54, 1.807) is 18.3 Å². The van der Waals surface area contributed by atoms with Crippen molar-refractivity contribution in [3.8, 4) is 0 Å². The van der Waals surface area contributed by atoms with Gasteiger partial charge >= 0.3 is 5.97 Å². The summed E-state index contributed by atoms with van der Waals surface area (Å²) in [5, 5.41) is 9.10. The van der Waals surface area contributed by atoms with Gasteiger partial charge in [-0.05, 0) is 32.4 Å². The molecule has 0 aliphatic rings. The SMILES string of the molecule is CCC(C)N(CC)c1ncccc1C(=O)O. The number of hydrogen-bond acceptors (Lipinski definition) is 3. The first kappa shape index (κ1) is 12.5. The standard InChI is InChI=1S/C12H18N2O2/c1-4-9(3)14(5-2)11-10(12(15)16)7-6-8-13-11/h6-9H,4-5H2,1-3H3,(H,15,16). The Morgan fingerprint density at radius 3 is 2.75 bits per heavy atom. The number of carboxylic acid groups (broad SMARTS) is 1. The van der Waals surface area contributed by atoms with Crippen molar-refractivity contribution in [2.24, 2.45) is 0 Å². The van der Waals surface area contributed by atoms with E-state index in [9.17, 15) is 4.79 Å². The topological polar surface area (TPSA) is 53.4 Å². The van der Waals surface area contributed by atoms with Crippen LogP contribution in [0.1, 0.15) is 37.6 Å². The minimum absolute atomic E-state index is 0.268. The third kappa shape index (κ3) is 2.51. The molecule has 4 nitrogen and oxygen atoms in total. The van der Waals surface area contributed by atoms with Crippen molar-refractivity contribution in [3.05, 3.63) is 23.9 Å². The summed E-state index contributed by atoms with van der Waals surface area (Å²) in [7, 11) is 0. The summed E-state index contributed by atoms with van der Waals surface area (Å²) in [4.78, 5) is 17.3. The number of rotatable bonds is 5. The van der Waals surface area contributed by atoms with Crippen LogP contribution >= 0.6 is 0 Å². The molecule has 1 heterocycles. The Hall–Kier alpha value is -1.58. The molecular weight excluding hydrogens is 204 g/mol. The van der Waals surface area contributed by atoms with Crippen LogP contribution in [0.25, 0.3) is 0 Å². The van der Waals surface area contributed by atoms with E-state index >= 15 is 0 Å². The van der Waals surface area contributed by atoms with Gasteiger partial charge in [-0.15, -0.1) is 0 Å². The Balaban J connectivity index is 3.14. The van der Waals surface area contributed by atoms with Crippen molar-refractivity contribution in [3.63, 3.8) is 0 Å². The zero-order chi connectivity index (χ0) is 12.1. The first-order valence-corrected chi connectivity index (χ1v) is 5.56. The van der Waals surface area contributed by atoms with Gasteiger partial charge in [0.05, 0.1) is 0 Å². The van der Waals surface area contributed by atoms with E-state index in [0.29, 0.717) is 5.82 Å². The molecule has 4 heteroatoms. The second-order valence-electron chi connectivity index (χ2n) is 3.72. The van der Waals surface area contributed by atoms with E-state index in [0.717, 1.165) is 13.0 Å². The molecule has 1 aromatic heterocycles. The van der Waals surface area contributed by atoms with Gasteiger partial charge in [-0.25, -0.2) is 9.78 Å². The van der Waals surface area contributed by atoms with E-state index in [1.807, 2.05) is 11.8 Å². The van der Waals surface area contributed by atoms with Crippen LogP contribution < -0.4 is 4.90 Å². The predicted molar refractivity (Wildman–Crippen MR) is 64.0 cm³/mol. The Kier molecular flexibility index (Phi) is 4.28. The quantitative estimate of drug-likeness (QED) is 0.831. The lowest BCUT2D eigenvalue weighted by atomic mass is 10.1. The van der Waals surface area contributed by atoms with Crippen molar-refractivity contribution in [1.29, 1.82) is 0 Å². The van der Waals surface area contributed by atoms with Crippen molar-refractivity contribution in [1.82, 2.24) is 4.98 Å². The van der Waals surface area contributed by atoms with E-state index in [2.05, 4.69) is 18.8 Å². The summed E-state index contributed by atoms with van der Waals surface area (Å²) in [6.07, 6.45) is 2.59. The molecule has 0 amide bonds. The van der Waals surface area contributed by atoms with Crippen LogP contribution in [-0.2, 0) is 0 Å². The fourth-order valence-corrected chi connectivity index (χ4v) is 1.68. The van der Waals surface area contributed by atoms with Gasteiger partial charge in [0, 0.05) is 18.8 Å². The molecule has 0 aliphatic carbocycles. The van der Waals surface area contributed by atoms with E-state index in [-0.39, 0.29) is 11.6 Å². The molecule has 0 bridgehead atoms. The molecule has 88 valence electrons. The van der Waals surface area contributed by atoms with Gasteiger partial charge in [-0.1, -0.05) is 6.92 Å². The number of nitrogens with zero attached hydrogens (tertiary/aromatic N) is 2. The average molecular weight is 222 g/mol. The molecular formula is C12H18N2O2. The average Bonchev–Trinajstić information content (AvgIpc) is 2.30. The third-order valence-electron chi connectivity index (χ3n) is 2.75. The molecule has 0 radical (unpaired) electrons. The summed E-state index contributed by atoms with van der Waals surface area (Å²) in [6, 6.07) is 3.53. The van der Waals surface area contributed by atoms with Crippen LogP contribution in [0.5, 0.6) is 0 Å². The highest BCUT2D eigenvalue weighted by Crippen LogP contribution is 2.20. The largest absolute Gasteiger partial charge is 0.478 e. The summed E-state index contributed by atoms with van der Waals surface area (Å²) < 4.78 is 0. The normalized spacial score (nSPS) is 12.2. The molecule has 1 unspecified atom stereocenters. The van der Waals surface area contributed by atoms with Gasteiger partial charge in [0.15, 0.2) is 0 Å². The molecule has 16 heavy (non-hydrogen) atoms. The summed E-state index contributed by atoms with van der Waals surface area (Å²) >= 11 is 0. The van der Waals surface area contributed by atoms with E-state index in [4.69, 9.17) is 5.11 Å². The number of carbonyl (C=O) groups is 1. The lowest BCUT2D eigenvalue weighted by molar-refractivity contribution is 0.0697. The fourth-order valence-electron chi connectivity index (χ4n) is 1.68. The van der Waals surface area contributed by atoms with Gasteiger partial charge < -0.3 is 10.0 Å². The lowest BCUT2D eigenvalue weighted by Crippen LogP contribution is -2.34. The fraction of sp³-hybridized carbons (Fsp3) is 0.500. The number of aromatic carboxylic acids is 1. The maximum Gasteiger partial charge on any atom is 0.339 e. The monoisotopic (exact) mass is 222 g/mol. The minimum atomic E-state index is -0.926. The zero-order valence-corrected chi connectivity index (χ0v) is 9.97. The number of anilines is 1. The van der Waals surface area contributed by atoms with Gasteiger partial charge in [-0.2, -0.15) is 0 Å². The maximum atomic E-state index is 11.1. The smallest absolute Gasteiger partial charge is 0.339 e. The van der Waals surface area contributed by atoms with Gasteiger partial charge in [0.25, 0.3) is 0 Å². The minimum Gasteiger partial charge on any atom is -0.478 e. The van der Waals surface area contributed by atoms with Crippen LogP contribution in [0, 0.1) is 0 Å². The van der Waals surface area contributed by atoms with Crippen LogP contribution in [0.4, 0.5) is 5.82 Å². The van der Waals surface area contributed by atoms with Crippen molar-refractivity contribution in [2.45, 2.75) is 33.2 Å². The van der Waals surface area contributed by atoms with E-state index in [1.165, 1.54) is 0 Å². The molecule has 1 atom stereocenters. The van der Waals surface area contributed by atoms with Gasteiger partial charge in [0.1, 0.15) is 11.4 Å². The second kappa shape index (κ2) is 5.49. The molecule has 1 aromatic rings. The maximum absolute atomic E-state index is 11.1. The first-order valence-electron chi connectivity index (χ1n) is 5.56. The highest BCUT2D eigenvalue weighted by Gasteiger charge is 2.19. The lowest BCUT2D eigenvalue weighted by Gasteiger charge is -2.29. The molecule has 1 rings (SSSR count). The second-order valence-corrected chi connectivity index (χ2v) is 3.72. The summed E-state index contributed by atoms with van der Waals surface area (Å²) in [6.45, 7) is 6.92. The molecule has 0 aromatic carbocycles. The Bertz CT molecular complexity index is 366. The van der Waals surface area contributed by atoms with Crippen molar-refractivity contribution >= 4 is 11.8 Å². The third-order valence-corrected chi connectivity index (χ3v) is 2.75. The number of carboxylic acids is 1. The van der Waals surface area contributed by atoms with Crippen molar-refractivity contribution < 1.29 is 9.90 Å². The molecule has 1 N–H and O–H groups in total. The van der Waals surface area contributed by atoms with Crippen LogP contribution in [-0.4, -0.2) is 28.6 Å². The highest BCUT2D eigenvalue weighted by atomic mass is 16.4. The summed E-state index contributed by atoms with van der Waals surface area (Å²) in [5.74, 6) is -0.364. The van der Waals surface area contributed by atoms with Gasteiger partial charge in [0.2, 0.25) is 0 Å². The van der Waals surface area contributed by atoms with Crippen LogP contribution in [0.15, 0.2) is 18.3 Å². The molecule has 0 aliphatic heterocycles. The molecule has 0 spiro atoms. The number of hydrogen-bond donors (Lipinski definition) is 1. The van der Waals surface area contributed by atoms with Gasteiger partial charge in [-0.3, -0.25) is 0 Å². The zero-order valence-electron chi connectivity index (χ0n) is 9.97. The Labute approximate surface area is 95.9 Å². The first-order chi connectivity index (χ1) is 7.61. The highest BCUT2D eigenvalue weighted by molar-refractivity contribution is 5.93. The van der Waals surface area contributed by atoms with Crippen LogP contribution in [0.2, 0.25) is 0 Å². The van der Waals surface area contributed by atoms with Crippen LogP contribution in [0.3, 0.4) is 0 Å². The predicted octanol–water partition coefficient (Wildman–Crippen LogP) is 2.40. The molecule has 0 saturated heterocycles. The Morgan fingerprint density at radius 1 is 1.56 bits per heavy atom. The summed E-state index contributed by atoms with van der Waals surface area (Å²) in [5.41, 5.74) is 0.268. The number of pyridine rings is 1. The molecule has 0 saturated carbocycles. The number of aromatic nitrogens is 1.